The Kier molecular flexibility index (Phi) is 5.48. The van der Waals surface area contributed by atoms with Crippen molar-refractivity contribution in [2.45, 2.75) is 17.9 Å². The monoisotopic (exact) mass is 315 g/mol. The van der Waals surface area contributed by atoms with Crippen molar-refractivity contribution in [3.8, 4) is 0 Å². The maximum Gasteiger partial charge on any atom is 0.244 e. The van der Waals surface area contributed by atoms with Gasteiger partial charge in [0.15, 0.2) is 5.82 Å². The number of morpholine rings is 1. The highest BCUT2D eigenvalue weighted by Crippen LogP contribution is 2.17. The zero-order valence-corrected chi connectivity index (χ0v) is 12.8. The second-order valence-corrected chi connectivity index (χ2v) is 6.61. The van der Waals surface area contributed by atoms with Gasteiger partial charge in [0.1, 0.15) is 4.90 Å². The van der Waals surface area contributed by atoms with Crippen LogP contribution in [-0.4, -0.2) is 57.2 Å². The zero-order chi connectivity index (χ0) is 15.3. The molecule has 0 bridgehead atoms. The first-order chi connectivity index (χ1) is 10.0. The third-order valence-electron chi connectivity index (χ3n) is 3.19. The summed E-state index contributed by atoms with van der Waals surface area (Å²) in [5.41, 5.74) is 2.30. The highest BCUT2D eigenvalue weighted by molar-refractivity contribution is 7.89. The smallest absolute Gasteiger partial charge is 0.244 e. The maximum atomic E-state index is 12.4. The van der Waals surface area contributed by atoms with Crippen LogP contribution in [0.2, 0.25) is 0 Å². The number of ether oxygens (including phenoxy) is 1. The lowest BCUT2D eigenvalue weighted by atomic mass is 10.3. The van der Waals surface area contributed by atoms with Crippen molar-refractivity contribution >= 4 is 15.8 Å². The van der Waals surface area contributed by atoms with E-state index < -0.39 is 10.0 Å². The largest absolute Gasteiger partial charge is 0.379 e. The Balaban J connectivity index is 2.02. The van der Waals surface area contributed by atoms with E-state index in [1.807, 2.05) is 6.92 Å². The van der Waals surface area contributed by atoms with Gasteiger partial charge in [-0.2, -0.15) is 0 Å². The molecule has 0 radical (unpaired) electrons. The van der Waals surface area contributed by atoms with Crippen LogP contribution in [0.5, 0.6) is 0 Å². The number of aromatic nitrogens is 1. The number of hydrogen-bond acceptors (Lipinski definition) is 7. The van der Waals surface area contributed by atoms with Crippen LogP contribution >= 0.6 is 0 Å². The van der Waals surface area contributed by atoms with E-state index in [2.05, 4.69) is 20.0 Å². The second-order valence-electron chi connectivity index (χ2n) is 4.93. The molecule has 2 rings (SSSR count). The molecule has 0 saturated carbocycles. The number of hydrazine groups is 1. The number of sulfonamides is 1. The molecule has 21 heavy (non-hydrogen) atoms. The van der Waals surface area contributed by atoms with Crippen molar-refractivity contribution in [1.82, 2.24) is 14.6 Å². The Morgan fingerprint density at radius 3 is 2.86 bits per heavy atom. The van der Waals surface area contributed by atoms with Crippen molar-refractivity contribution in [1.29, 1.82) is 0 Å². The molecule has 1 aromatic heterocycles. The Hall–Kier alpha value is -1.26. The minimum atomic E-state index is -3.67. The third-order valence-corrected chi connectivity index (χ3v) is 4.81. The molecule has 4 N–H and O–H groups in total. The highest BCUT2D eigenvalue weighted by atomic mass is 32.2. The summed E-state index contributed by atoms with van der Waals surface area (Å²) in [5.74, 6) is 5.43. The van der Waals surface area contributed by atoms with Crippen LogP contribution in [-0.2, 0) is 14.8 Å². The Morgan fingerprint density at radius 2 is 2.19 bits per heavy atom. The van der Waals surface area contributed by atoms with Gasteiger partial charge in [0.05, 0.1) is 13.2 Å². The number of anilines is 1. The van der Waals surface area contributed by atoms with Crippen molar-refractivity contribution < 1.29 is 13.2 Å². The topological polar surface area (TPSA) is 110 Å². The van der Waals surface area contributed by atoms with E-state index in [1.54, 1.807) is 6.07 Å². The molecular weight excluding hydrogens is 294 g/mol. The molecule has 8 nitrogen and oxygen atoms in total. The normalized spacial score (nSPS) is 18.4. The number of nitrogens with two attached hydrogens (primary N) is 1. The lowest BCUT2D eigenvalue weighted by Crippen LogP contribution is -2.46. The van der Waals surface area contributed by atoms with Crippen LogP contribution in [0.4, 0.5) is 5.82 Å². The van der Waals surface area contributed by atoms with Crippen molar-refractivity contribution in [2.75, 3.05) is 38.3 Å². The van der Waals surface area contributed by atoms with Crippen molar-refractivity contribution in [3.63, 3.8) is 0 Å². The van der Waals surface area contributed by atoms with Crippen LogP contribution in [0, 0.1) is 0 Å². The van der Waals surface area contributed by atoms with Crippen LogP contribution < -0.4 is 16.0 Å². The van der Waals surface area contributed by atoms with E-state index in [9.17, 15) is 8.42 Å². The molecule has 0 amide bonds. The fourth-order valence-corrected chi connectivity index (χ4v) is 3.61. The van der Waals surface area contributed by atoms with Gasteiger partial charge < -0.3 is 10.2 Å². The fourth-order valence-electron chi connectivity index (χ4n) is 2.25. The molecule has 9 heteroatoms. The van der Waals surface area contributed by atoms with Crippen molar-refractivity contribution in [3.05, 3.63) is 18.3 Å². The number of rotatable bonds is 6. The molecule has 0 aromatic carbocycles. The summed E-state index contributed by atoms with van der Waals surface area (Å²) in [6.45, 7) is 5.46. The molecule has 118 valence electrons. The van der Waals surface area contributed by atoms with E-state index in [-0.39, 0.29) is 16.8 Å². The van der Waals surface area contributed by atoms with Gasteiger partial charge in [0.25, 0.3) is 0 Å². The van der Waals surface area contributed by atoms with Crippen molar-refractivity contribution in [2.24, 2.45) is 5.84 Å². The lowest BCUT2D eigenvalue weighted by molar-refractivity contribution is 0.0354. The minimum absolute atomic E-state index is 0.0429. The zero-order valence-electron chi connectivity index (χ0n) is 11.9. The highest BCUT2D eigenvalue weighted by Gasteiger charge is 2.23. The number of nitrogens with zero attached hydrogens (tertiary/aromatic N) is 2. The molecule has 0 aliphatic carbocycles. The first kappa shape index (κ1) is 16.1. The van der Waals surface area contributed by atoms with Crippen LogP contribution in [0.15, 0.2) is 23.2 Å². The Labute approximate surface area is 124 Å². The quantitative estimate of drug-likeness (QED) is 0.473. The van der Waals surface area contributed by atoms with Crippen LogP contribution in [0.3, 0.4) is 0 Å². The molecule has 1 saturated heterocycles. The molecule has 1 unspecified atom stereocenters. The maximum absolute atomic E-state index is 12.4. The molecule has 1 aromatic rings. The van der Waals surface area contributed by atoms with Gasteiger partial charge in [-0.1, -0.05) is 0 Å². The summed E-state index contributed by atoms with van der Waals surface area (Å²) in [4.78, 5) is 6.12. The SMILES string of the molecule is CC(CN1CCOCC1)NS(=O)(=O)c1cccnc1NN. The molecule has 1 atom stereocenters. The van der Waals surface area contributed by atoms with Gasteiger partial charge in [-0.05, 0) is 19.1 Å². The summed E-state index contributed by atoms with van der Waals surface area (Å²) in [6, 6.07) is 2.80. The summed E-state index contributed by atoms with van der Waals surface area (Å²) < 4.78 is 32.7. The molecular formula is C12H21N5O3S. The van der Waals surface area contributed by atoms with Gasteiger partial charge in [-0.15, -0.1) is 0 Å². The van der Waals surface area contributed by atoms with Crippen LogP contribution in [0.1, 0.15) is 6.92 Å². The van der Waals surface area contributed by atoms with Gasteiger partial charge in [0, 0.05) is 31.9 Å². The summed E-state index contributed by atoms with van der Waals surface area (Å²) in [6.07, 6.45) is 1.48. The summed E-state index contributed by atoms with van der Waals surface area (Å²) in [5, 5.41) is 0. The number of hydrogen-bond donors (Lipinski definition) is 3. The van der Waals surface area contributed by atoms with E-state index in [4.69, 9.17) is 10.6 Å². The van der Waals surface area contributed by atoms with E-state index in [1.165, 1.54) is 12.3 Å². The number of pyridine rings is 1. The second kappa shape index (κ2) is 7.14. The summed E-state index contributed by atoms with van der Waals surface area (Å²) in [7, 11) is -3.67. The first-order valence-electron chi connectivity index (χ1n) is 6.77. The standard InChI is InChI=1S/C12H21N5O3S/c1-10(9-17-5-7-20-8-6-17)16-21(18,19)11-3-2-4-14-12(11)15-13/h2-4,10,16H,5-9,13H2,1H3,(H,14,15). The first-order valence-corrected chi connectivity index (χ1v) is 8.25. The number of nitrogen functional groups attached to an aromatic ring is 1. The molecule has 0 spiro atoms. The summed E-state index contributed by atoms with van der Waals surface area (Å²) >= 11 is 0. The third kappa shape index (κ3) is 4.35. The van der Waals surface area contributed by atoms with E-state index >= 15 is 0 Å². The average Bonchev–Trinajstić information content (AvgIpc) is 2.47. The van der Waals surface area contributed by atoms with Gasteiger partial charge in [-0.25, -0.2) is 24.0 Å². The molecule has 1 fully saturated rings. The van der Waals surface area contributed by atoms with E-state index in [0.717, 1.165) is 13.1 Å². The Morgan fingerprint density at radius 1 is 1.48 bits per heavy atom. The molecule has 1 aliphatic rings. The molecule has 2 heterocycles. The number of nitrogens with one attached hydrogen (secondary N) is 2. The van der Waals surface area contributed by atoms with Crippen LogP contribution in [0.25, 0.3) is 0 Å². The predicted octanol–water partition coefficient (Wildman–Crippen LogP) is -0.634. The van der Waals surface area contributed by atoms with Gasteiger partial charge in [0.2, 0.25) is 10.0 Å². The average molecular weight is 315 g/mol. The Bertz CT molecular complexity index is 560. The molecule has 1 aliphatic heterocycles. The fraction of sp³-hybridized carbons (Fsp3) is 0.583. The lowest BCUT2D eigenvalue weighted by Gasteiger charge is -2.29. The predicted molar refractivity (Wildman–Crippen MR) is 79.1 cm³/mol. The van der Waals surface area contributed by atoms with E-state index in [0.29, 0.717) is 19.8 Å². The van der Waals surface area contributed by atoms with Gasteiger partial charge in [-0.3, -0.25) is 4.90 Å². The minimum Gasteiger partial charge on any atom is -0.379 e. The van der Waals surface area contributed by atoms with Gasteiger partial charge >= 0.3 is 0 Å².